The number of hydrogen-bond donors (Lipinski definition) is 3. The van der Waals surface area contributed by atoms with Gasteiger partial charge in [0.1, 0.15) is 0 Å². The van der Waals surface area contributed by atoms with E-state index in [0.29, 0.717) is 25.0 Å². The van der Waals surface area contributed by atoms with Gasteiger partial charge in [0.05, 0.1) is 6.04 Å². The zero-order chi connectivity index (χ0) is 15.3. The molecule has 0 radical (unpaired) electrons. The Bertz CT molecular complexity index is 512. The van der Waals surface area contributed by atoms with Gasteiger partial charge in [0.25, 0.3) is 5.91 Å². The largest absolute Gasteiger partial charge is 0.409 e. The topological polar surface area (TPSA) is 87.7 Å². The van der Waals surface area contributed by atoms with Crippen molar-refractivity contribution in [1.82, 2.24) is 5.32 Å². The molecular formula is C12H14F3N3O2. The maximum atomic E-state index is 13.0. The van der Waals surface area contributed by atoms with Crippen LogP contribution in [0.4, 0.5) is 13.2 Å². The summed E-state index contributed by atoms with van der Waals surface area (Å²) < 4.78 is 38.8. The lowest BCUT2D eigenvalue weighted by molar-refractivity contribution is 0.0943. The van der Waals surface area contributed by atoms with Crippen molar-refractivity contribution >= 4 is 11.7 Å². The second-order valence-corrected chi connectivity index (χ2v) is 4.09. The molecule has 1 atom stereocenters. The fourth-order valence-corrected chi connectivity index (χ4v) is 1.58. The van der Waals surface area contributed by atoms with Crippen LogP contribution in [0.1, 0.15) is 30.1 Å². The van der Waals surface area contributed by atoms with Crippen LogP contribution in [0.15, 0.2) is 17.3 Å². The van der Waals surface area contributed by atoms with Crippen molar-refractivity contribution in [3.8, 4) is 0 Å². The summed E-state index contributed by atoms with van der Waals surface area (Å²) in [6.07, 6.45) is 0.987. The first kappa shape index (κ1) is 15.8. The van der Waals surface area contributed by atoms with Crippen LogP contribution in [0.25, 0.3) is 0 Å². The third kappa shape index (κ3) is 3.62. The minimum atomic E-state index is -1.65. The molecular weight excluding hydrogens is 275 g/mol. The molecule has 1 aromatic carbocycles. The molecule has 0 heterocycles. The lowest BCUT2D eigenvalue weighted by Gasteiger charge is -2.16. The Morgan fingerprint density at radius 3 is 2.40 bits per heavy atom. The van der Waals surface area contributed by atoms with Crippen molar-refractivity contribution in [1.29, 1.82) is 0 Å². The van der Waals surface area contributed by atoms with Gasteiger partial charge in [-0.2, -0.15) is 0 Å². The van der Waals surface area contributed by atoms with E-state index in [-0.39, 0.29) is 5.84 Å². The van der Waals surface area contributed by atoms with Crippen LogP contribution in [0, 0.1) is 17.5 Å². The third-order valence-corrected chi connectivity index (χ3v) is 2.60. The van der Waals surface area contributed by atoms with Gasteiger partial charge < -0.3 is 16.3 Å². The van der Waals surface area contributed by atoms with E-state index in [4.69, 9.17) is 10.9 Å². The average molecular weight is 289 g/mol. The lowest BCUT2D eigenvalue weighted by atomic mass is 10.1. The van der Waals surface area contributed by atoms with Crippen molar-refractivity contribution < 1.29 is 23.2 Å². The highest BCUT2D eigenvalue weighted by molar-refractivity contribution is 5.98. The predicted octanol–water partition coefficient (Wildman–Crippen LogP) is 1.75. The fourth-order valence-electron chi connectivity index (χ4n) is 1.58. The number of halogens is 3. The molecule has 8 heteroatoms. The fraction of sp³-hybridized carbons (Fsp3) is 0.333. The summed E-state index contributed by atoms with van der Waals surface area (Å²) in [5, 5.41) is 13.7. The molecule has 0 aliphatic heterocycles. The molecule has 5 nitrogen and oxygen atoms in total. The molecule has 1 amide bonds. The van der Waals surface area contributed by atoms with Crippen molar-refractivity contribution in [3.05, 3.63) is 35.1 Å². The van der Waals surface area contributed by atoms with Crippen LogP contribution in [0.5, 0.6) is 0 Å². The molecule has 20 heavy (non-hydrogen) atoms. The Hall–Kier alpha value is -2.25. The molecule has 1 rings (SSSR count). The standard InChI is InChI=1S/C12H14F3N3O2/c1-2-3-9(11(16)18-20)17-12(19)6-4-7(13)10(15)8(14)5-6/h4-5,9,20H,2-3H2,1H3,(H2,16,18)(H,17,19). The molecule has 0 fully saturated rings. The normalized spacial score (nSPS) is 13.1. The number of benzene rings is 1. The highest BCUT2D eigenvalue weighted by atomic mass is 19.2. The van der Waals surface area contributed by atoms with Gasteiger partial charge in [-0.3, -0.25) is 4.79 Å². The molecule has 0 bridgehead atoms. The smallest absolute Gasteiger partial charge is 0.252 e. The number of hydrogen-bond acceptors (Lipinski definition) is 3. The van der Waals surface area contributed by atoms with Crippen LogP contribution in [0.2, 0.25) is 0 Å². The summed E-state index contributed by atoms with van der Waals surface area (Å²) in [5.74, 6) is -5.67. The Kier molecular flexibility index (Phi) is 5.36. The zero-order valence-electron chi connectivity index (χ0n) is 10.7. The number of oxime groups is 1. The minimum Gasteiger partial charge on any atom is -0.409 e. The van der Waals surface area contributed by atoms with Gasteiger partial charge in [-0.05, 0) is 18.6 Å². The van der Waals surface area contributed by atoms with Gasteiger partial charge >= 0.3 is 0 Å². The quantitative estimate of drug-likeness (QED) is 0.254. The monoisotopic (exact) mass is 289 g/mol. The van der Waals surface area contributed by atoms with Gasteiger partial charge in [0.15, 0.2) is 23.3 Å². The van der Waals surface area contributed by atoms with Crippen molar-refractivity contribution in [3.63, 3.8) is 0 Å². The van der Waals surface area contributed by atoms with Gasteiger partial charge in [-0.1, -0.05) is 18.5 Å². The van der Waals surface area contributed by atoms with Gasteiger partial charge in [0.2, 0.25) is 0 Å². The van der Waals surface area contributed by atoms with Crippen LogP contribution >= 0.6 is 0 Å². The number of nitrogens with zero attached hydrogens (tertiary/aromatic N) is 1. The van der Waals surface area contributed by atoms with Crippen molar-refractivity contribution in [2.24, 2.45) is 10.9 Å². The van der Waals surface area contributed by atoms with E-state index >= 15 is 0 Å². The summed E-state index contributed by atoms with van der Waals surface area (Å²) in [4.78, 5) is 11.8. The first-order valence-corrected chi connectivity index (χ1v) is 5.83. The summed E-state index contributed by atoms with van der Waals surface area (Å²) in [5.41, 5.74) is 5.00. The lowest BCUT2D eigenvalue weighted by Crippen LogP contribution is -2.44. The third-order valence-electron chi connectivity index (χ3n) is 2.60. The Morgan fingerprint density at radius 2 is 1.95 bits per heavy atom. The van der Waals surface area contributed by atoms with Crippen LogP contribution in [-0.4, -0.2) is 23.0 Å². The van der Waals surface area contributed by atoms with E-state index in [1.54, 1.807) is 6.92 Å². The average Bonchev–Trinajstić information content (AvgIpc) is 2.42. The number of carbonyl (C=O) groups is 1. The number of nitrogens with one attached hydrogen (secondary N) is 1. The summed E-state index contributed by atoms with van der Waals surface area (Å²) >= 11 is 0. The number of nitrogens with two attached hydrogens (primary N) is 1. The molecule has 0 saturated heterocycles. The van der Waals surface area contributed by atoms with Gasteiger partial charge in [-0.15, -0.1) is 0 Å². The molecule has 1 unspecified atom stereocenters. The van der Waals surface area contributed by atoms with E-state index in [0.717, 1.165) is 0 Å². The number of amides is 1. The number of rotatable bonds is 5. The summed E-state index contributed by atoms with van der Waals surface area (Å²) in [6.45, 7) is 1.81. The Morgan fingerprint density at radius 1 is 1.40 bits per heavy atom. The second-order valence-electron chi connectivity index (χ2n) is 4.09. The molecule has 4 N–H and O–H groups in total. The highest BCUT2D eigenvalue weighted by Crippen LogP contribution is 2.14. The van der Waals surface area contributed by atoms with E-state index in [1.165, 1.54) is 0 Å². The van der Waals surface area contributed by atoms with Crippen molar-refractivity contribution in [2.75, 3.05) is 0 Å². The van der Waals surface area contributed by atoms with E-state index in [1.807, 2.05) is 0 Å². The van der Waals surface area contributed by atoms with Gasteiger partial charge in [-0.25, -0.2) is 13.2 Å². The highest BCUT2D eigenvalue weighted by Gasteiger charge is 2.20. The summed E-state index contributed by atoms with van der Waals surface area (Å²) in [7, 11) is 0. The molecule has 0 aliphatic carbocycles. The molecule has 0 spiro atoms. The Labute approximate surface area is 113 Å². The van der Waals surface area contributed by atoms with E-state index in [2.05, 4.69) is 10.5 Å². The predicted molar refractivity (Wildman–Crippen MR) is 65.9 cm³/mol. The maximum Gasteiger partial charge on any atom is 0.252 e. The SMILES string of the molecule is CCCC(NC(=O)c1cc(F)c(F)c(F)c1)C(N)=NO. The molecule has 1 aromatic rings. The second kappa shape index (κ2) is 6.78. The molecule has 110 valence electrons. The van der Waals surface area contributed by atoms with Crippen LogP contribution in [0.3, 0.4) is 0 Å². The number of carbonyl (C=O) groups excluding carboxylic acids is 1. The Balaban J connectivity index is 2.95. The molecule has 0 aliphatic rings. The van der Waals surface area contributed by atoms with Gasteiger partial charge in [0, 0.05) is 5.56 Å². The van der Waals surface area contributed by atoms with Crippen molar-refractivity contribution in [2.45, 2.75) is 25.8 Å². The maximum absolute atomic E-state index is 13.0. The van der Waals surface area contributed by atoms with Crippen LogP contribution in [-0.2, 0) is 0 Å². The molecule has 0 aromatic heterocycles. The minimum absolute atomic E-state index is 0.233. The number of amidine groups is 1. The zero-order valence-corrected chi connectivity index (χ0v) is 10.7. The van der Waals surface area contributed by atoms with E-state index < -0.39 is 35.0 Å². The first-order chi connectivity index (χ1) is 9.40. The summed E-state index contributed by atoms with van der Waals surface area (Å²) in [6, 6.07) is 0.361. The van der Waals surface area contributed by atoms with E-state index in [9.17, 15) is 18.0 Å². The first-order valence-electron chi connectivity index (χ1n) is 5.83. The molecule has 0 saturated carbocycles. The van der Waals surface area contributed by atoms with Crippen LogP contribution < -0.4 is 11.1 Å².